The molecule has 0 aromatic rings. The van der Waals surface area contributed by atoms with E-state index in [1.807, 2.05) is 0 Å². The van der Waals surface area contributed by atoms with Crippen molar-refractivity contribution < 1.29 is 18.7 Å². The second kappa shape index (κ2) is 2.57. The van der Waals surface area contributed by atoms with Crippen LogP contribution in [-0.4, -0.2) is 17.0 Å². The zero-order chi connectivity index (χ0) is 7.49. The fourth-order valence-corrected chi connectivity index (χ4v) is 0.281. The number of hydrogen-bond donors (Lipinski definition) is 1. The van der Waals surface area contributed by atoms with Crippen LogP contribution in [0.4, 0.5) is 8.78 Å². The molecule has 0 atom stereocenters. The van der Waals surface area contributed by atoms with Crippen LogP contribution in [0.25, 0.3) is 0 Å². The first-order chi connectivity index (χ1) is 4.00. The Hall–Kier alpha value is -0.930. The molecule has 0 aliphatic heterocycles. The second-order valence-electron chi connectivity index (χ2n) is 1.43. The minimum atomic E-state index is -3.71. The molecule has 0 amide bonds. The molecule has 0 unspecified atom stereocenters. The fourth-order valence-electron chi connectivity index (χ4n) is 0.281. The van der Waals surface area contributed by atoms with Crippen molar-refractivity contribution in [2.24, 2.45) is 0 Å². The minimum Gasteiger partial charge on any atom is -0.477 e. The van der Waals surface area contributed by atoms with Crippen LogP contribution >= 0.6 is 0 Å². The summed E-state index contributed by atoms with van der Waals surface area (Å²) in [5.41, 5.74) is 0. The van der Waals surface area contributed by atoms with Gasteiger partial charge in [0.1, 0.15) is 0 Å². The Morgan fingerprint density at radius 2 is 2.11 bits per heavy atom. The average Bonchev–Trinajstić information content (AvgIpc) is 1.65. The summed E-state index contributed by atoms with van der Waals surface area (Å²) in [5, 5.41) is 7.77. The number of carboxylic acid groups (broad SMARTS) is 1. The van der Waals surface area contributed by atoms with E-state index in [2.05, 4.69) is 0 Å². The molecular formula is C5H6F2O2. The van der Waals surface area contributed by atoms with Gasteiger partial charge in [-0.3, -0.25) is 0 Å². The highest BCUT2D eigenvalue weighted by Crippen LogP contribution is 2.14. The Balaban J connectivity index is 4.19. The molecule has 0 spiro atoms. The van der Waals surface area contributed by atoms with Gasteiger partial charge in [-0.2, -0.15) is 8.78 Å². The van der Waals surface area contributed by atoms with Gasteiger partial charge in [0.2, 0.25) is 0 Å². The van der Waals surface area contributed by atoms with E-state index in [0.717, 1.165) is 6.08 Å². The summed E-state index contributed by atoms with van der Waals surface area (Å²) in [7, 11) is 0. The predicted molar refractivity (Wildman–Crippen MR) is 27.4 cm³/mol. The molecule has 0 aliphatic rings. The van der Waals surface area contributed by atoms with Gasteiger partial charge in [0.25, 0.3) is 0 Å². The van der Waals surface area contributed by atoms with E-state index < -0.39 is 11.9 Å². The smallest absolute Gasteiger partial charge is 0.378 e. The third-order valence-corrected chi connectivity index (χ3v) is 0.661. The number of carbonyl (C=O) groups is 1. The summed E-state index contributed by atoms with van der Waals surface area (Å²) in [6.07, 6.45) is 1.32. The molecule has 0 aliphatic carbocycles. The van der Waals surface area contributed by atoms with Crippen LogP contribution in [0.3, 0.4) is 0 Å². The second-order valence-corrected chi connectivity index (χ2v) is 1.43. The Morgan fingerprint density at radius 1 is 1.67 bits per heavy atom. The summed E-state index contributed by atoms with van der Waals surface area (Å²) < 4.78 is 23.7. The molecule has 4 heteroatoms. The highest BCUT2D eigenvalue weighted by molar-refractivity contribution is 5.77. The summed E-state index contributed by atoms with van der Waals surface area (Å²) in [6.45, 7) is 1.33. The van der Waals surface area contributed by atoms with Crippen molar-refractivity contribution in [2.45, 2.75) is 12.8 Å². The first-order valence-electron chi connectivity index (χ1n) is 2.26. The Kier molecular flexibility index (Phi) is 2.30. The lowest BCUT2D eigenvalue weighted by molar-refractivity contribution is -0.158. The Labute approximate surface area is 50.8 Å². The SMILES string of the molecule is C/C=C/C(F)(F)C(=O)O. The summed E-state index contributed by atoms with van der Waals surface area (Å²) in [5.74, 6) is -5.84. The zero-order valence-corrected chi connectivity index (χ0v) is 4.77. The standard InChI is InChI=1S/C5H6F2O2/c1-2-3-5(6,7)4(8)9/h2-3H,1H3,(H,8,9)/b3-2+. The quantitative estimate of drug-likeness (QED) is 0.580. The van der Waals surface area contributed by atoms with Gasteiger partial charge in [0.15, 0.2) is 0 Å². The number of halogens is 2. The van der Waals surface area contributed by atoms with Gasteiger partial charge >= 0.3 is 11.9 Å². The van der Waals surface area contributed by atoms with E-state index in [1.54, 1.807) is 0 Å². The highest BCUT2D eigenvalue weighted by atomic mass is 19.3. The molecule has 0 saturated carbocycles. The number of aliphatic carboxylic acids is 1. The topological polar surface area (TPSA) is 37.3 Å². The van der Waals surface area contributed by atoms with Crippen LogP contribution in [0, 0.1) is 0 Å². The molecule has 1 N–H and O–H groups in total. The molecular weight excluding hydrogens is 130 g/mol. The molecule has 0 bridgehead atoms. The maximum Gasteiger partial charge on any atom is 0.378 e. The van der Waals surface area contributed by atoms with Crippen molar-refractivity contribution >= 4 is 5.97 Å². The largest absolute Gasteiger partial charge is 0.477 e. The lowest BCUT2D eigenvalue weighted by Crippen LogP contribution is -2.24. The predicted octanol–water partition coefficient (Wildman–Crippen LogP) is 1.28. The Bertz CT molecular complexity index is 140. The van der Waals surface area contributed by atoms with Gasteiger partial charge in [0.05, 0.1) is 0 Å². The zero-order valence-electron chi connectivity index (χ0n) is 4.77. The number of carboxylic acids is 1. The van der Waals surface area contributed by atoms with E-state index in [1.165, 1.54) is 6.92 Å². The van der Waals surface area contributed by atoms with Crippen LogP contribution in [-0.2, 0) is 4.79 Å². The third-order valence-electron chi connectivity index (χ3n) is 0.661. The normalized spacial score (nSPS) is 12.3. The van der Waals surface area contributed by atoms with Crippen molar-refractivity contribution in [2.75, 3.05) is 0 Å². The van der Waals surface area contributed by atoms with Crippen molar-refractivity contribution in [3.8, 4) is 0 Å². The van der Waals surface area contributed by atoms with Gasteiger partial charge in [-0.15, -0.1) is 0 Å². The van der Waals surface area contributed by atoms with Crippen LogP contribution in [0.2, 0.25) is 0 Å². The third kappa shape index (κ3) is 2.21. The molecule has 0 aromatic carbocycles. The maximum absolute atomic E-state index is 11.9. The van der Waals surface area contributed by atoms with Crippen LogP contribution in [0.5, 0.6) is 0 Å². The van der Waals surface area contributed by atoms with Crippen molar-refractivity contribution in [3.63, 3.8) is 0 Å². The summed E-state index contributed by atoms with van der Waals surface area (Å²) >= 11 is 0. The molecule has 9 heavy (non-hydrogen) atoms. The van der Waals surface area contributed by atoms with Gasteiger partial charge in [0, 0.05) is 0 Å². The van der Waals surface area contributed by atoms with Crippen LogP contribution < -0.4 is 0 Å². The van der Waals surface area contributed by atoms with Gasteiger partial charge < -0.3 is 5.11 Å². The van der Waals surface area contributed by atoms with E-state index in [4.69, 9.17) is 5.11 Å². The molecule has 0 radical (unpaired) electrons. The first-order valence-corrected chi connectivity index (χ1v) is 2.26. The van der Waals surface area contributed by atoms with Crippen molar-refractivity contribution in [1.29, 1.82) is 0 Å². The van der Waals surface area contributed by atoms with Crippen molar-refractivity contribution in [3.05, 3.63) is 12.2 Å². The molecule has 2 nitrogen and oxygen atoms in total. The lowest BCUT2D eigenvalue weighted by Gasteiger charge is -2.02. The maximum atomic E-state index is 11.9. The van der Waals surface area contributed by atoms with Crippen molar-refractivity contribution in [1.82, 2.24) is 0 Å². The molecule has 0 saturated heterocycles. The molecule has 0 heterocycles. The van der Waals surface area contributed by atoms with E-state index in [0.29, 0.717) is 6.08 Å². The Morgan fingerprint density at radius 3 is 2.22 bits per heavy atom. The molecule has 0 aromatic heterocycles. The van der Waals surface area contributed by atoms with Crippen LogP contribution in [0.1, 0.15) is 6.92 Å². The van der Waals surface area contributed by atoms with E-state index >= 15 is 0 Å². The first kappa shape index (κ1) is 8.07. The highest BCUT2D eigenvalue weighted by Gasteiger charge is 2.34. The monoisotopic (exact) mass is 136 g/mol. The summed E-state index contributed by atoms with van der Waals surface area (Å²) in [6, 6.07) is 0. The molecule has 52 valence electrons. The molecule has 0 rings (SSSR count). The molecule has 0 fully saturated rings. The van der Waals surface area contributed by atoms with Gasteiger partial charge in [-0.05, 0) is 13.0 Å². The van der Waals surface area contributed by atoms with Gasteiger partial charge in [-0.1, -0.05) is 6.08 Å². The van der Waals surface area contributed by atoms with Gasteiger partial charge in [-0.25, -0.2) is 4.79 Å². The summed E-state index contributed by atoms with van der Waals surface area (Å²) in [4.78, 5) is 9.61. The number of allylic oxidation sites excluding steroid dienone is 1. The fraction of sp³-hybridized carbons (Fsp3) is 0.400. The average molecular weight is 136 g/mol. The number of hydrogen-bond acceptors (Lipinski definition) is 1. The van der Waals surface area contributed by atoms with E-state index in [9.17, 15) is 13.6 Å². The number of rotatable bonds is 2. The minimum absolute atomic E-state index is 0.329. The lowest BCUT2D eigenvalue weighted by atomic mass is 10.3. The van der Waals surface area contributed by atoms with Crippen LogP contribution in [0.15, 0.2) is 12.2 Å². The number of alkyl halides is 2. The van der Waals surface area contributed by atoms with E-state index in [-0.39, 0.29) is 0 Å².